The van der Waals surface area contributed by atoms with Crippen LogP contribution in [0.2, 0.25) is 0 Å². The van der Waals surface area contributed by atoms with E-state index in [9.17, 15) is 0 Å². The van der Waals surface area contributed by atoms with Gasteiger partial charge in [0.15, 0.2) is 0 Å². The summed E-state index contributed by atoms with van der Waals surface area (Å²) >= 11 is 0. The topological polar surface area (TPSA) is 56.4 Å². The first-order chi connectivity index (χ1) is 13.4. The van der Waals surface area contributed by atoms with Crippen molar-refractivity contribution in [2.75, 3.05) is 6.61 Å². The Labute approximate surface area is 159 Å². The smallest absolute Gasteiger partial charge is 0.108 e. The van der Waals surface area contributed by atoms with Crippen LogP contribution in [0, 0.1) is 0 Å². The molecule has 140 valence electrons. The van der Waals surface area contributed by atoms with E-state index in [1.54, 1.807) is 6.20 Å². The number of benzene rings is 2. The van der Waals surface area contributed by atoms with Gasteiger partial charge < -0.3 is 14.2 Å². The summed E-state index contributed by atoms with van der Waals surface area (Å²) in [5.74, 6) is 0. The zero-order valence-corrected chi connectivity index (χ0v) is 15.2. The molecule has 0 saturated carbocycles. The molecule has 1 aliphatic heterocycles. The van der Waals surface area contributed by atoms with Crippen LogP contribution in [0.5, 0.6) is 0 Å². The van der Waals surface area contributed by atoms with Gasteiger partial charge in [0.2, 0.25) is 0 Å². The number of nitrogens with zero attached hydrogens (tertiary/aromatic N) is 1. The molecule has 0 bridgehead atoms. The van der Waals surface area contributed by atoms with E-state index in [0.717, 1.165) is 23.2 Å². The normalized spacial score (nSPS) is 22.1. The number of aromatic nitrogens is 2. The van der Waals surface area contributed by atoms with Crippen molar-refractivity contribution in [1.82, 2.24) is 10.2 Å². The third-order valence-corrected chi connectivity index (χ3v) is 4.77. The number of hydrogen-bond acceptors (Lipinski definition) is 4. The fraction of sp³-hybridized carbons (Fsp3) is 0.318. The Kier molecular flexibility index (Phi) is 5.94. The predicted molar refractivity (Wildman–Crippen MR) is 102 cm³/mol. The molecule has 0 unspecified atom stereocenters. The Hall–Kier alpha value is -2.47. The summed E-state index contributed by atoms with van der Waals surface area (Å²) in [7, 11) is 0. The fourth-order valence-electron chi connectivity index (χ4n) is 3.33. The summed E-state index contributed by atoms with van der Waals surface area (Å²) < 4.78 is 18.3. The molecule has 5 heteroatoms. The molecule has 3 aromatic rings. The predicted octanol–water partition coefficient (Wildman–Crippen LogP) is 4.04. The van der Waals surface area contributed by atoms with Crippen LogP contribution in [0.4, 0.5) is 0 Å². The average Bonchev–Trinajstić information content (AvgIpc) is 3.38. The standard InChI is InChI=1S/C22H24N2O3/c1-3-7-17(8-4-1)14-25-16-22-21(26-15-18-9-5-2-6-10-18)13-20(27-22)19-11-12-23-24-19/h1-12,20-22H,13-16H2,(H,23,24)/t20-,21-,22-/m1/s1. The molecule has 0 amide bonds. The minimum absolute atomic E-state index is 0.0192. The second-order valence-corrected chi connectivity index (χ2v) is 6.75. The maximum atomic E-state index is 6.22. The molecule has 1 aromatic heterocycles. The van der Waals surface area contributed by atoms with Crippen LogP contribution < -0.4 is 0 Å². The van der Waals surface area contributed by atoms with Gasteiger partial charge in [-0.25, -0.2) is 0 Å². The Morgan fingerprint density at radius 2 is 1.63 bits per heavy atom. The van der Waals surface area contributed by atoms with Crippen molar-refractivity contribution in [3.8, 4) is 0 Å². The Morgan fingerprint density at radius 1 is 0.926 bits per heavy atom. The van der Waals surface area contributed by atoms with Gasteiger partial charge in [-0.1, -0.05) is 60.7 Å². The third-order valence-electron chi connectivity index (χ3n) is 4.77. The van der Waals surface area contributed by atoms with E-state index < -0.39 is 0 Å². The number of hydrogen-bond donors (Lipinski definition) is 1. The Balaban J connectivity index is 1.36. The molecule has 2 aromatic carbocycles. The summed E-state index contributed by atoms with van der Waals surface area (Å²) in [6.45, 7) is 1.64. The van der Waals surface area contributed by atoms with Gasteiger partial charge in [0, 0.05) is 12.6 Å². The van der Waals surface area contributed by atoms with Crippen molar-refractivity contribution < 1.29 is 14.2 Å². The van der Waals surface area contributed by atoms with Crippen LogP contribution in [-0.2, 0) is 27.4 Å². The van der Waals surface area contributed by atoms with Gasteiger partial charge in [-0.3, -0.25) is 5.10 Å². The number of H-pyrrole nitrogens is 1. The van der Waals surface area contributed by atoms with Crippen molar-refractivity contribution in [2.45, 2.75) is 37.9 Å². The second-order valence-electron chi connectivity index (χ2n) is 6.75. The molecule has 27 heavy (non-hydrogen) atoms. The molecule has 0 radical (unpaired) electrons. The van der Waals surface area contributed by atoms with Crippen molar-refractivity contribution in [3.63, 3.8) is 0 Å². The number of nitrogens with one attached hydrogen (secondary N) is 1. The van der Waals surface area contributed by atoms with Gasteiger partial charge in [-0.2, -0.15) is 5.10 Å². The molecule has 1 saturated heterocycles. The molecule has 2 heterocycles. The van der Waals surface area contributed by atoms with Crippen molar-refractivity contribution >= 4 is 0 Å². The van der Waals surface area contributed by atoms with Crippen molar-refractivity contribution in [2.24, 2.45) is 0 Å². The molecular formula is C22H24N2O3. The van der Waals surface area contributed by atoms with Crippen LogP contribution in [0.15, 0.2) is 72.9 Å². The number of ether oxygens (including phenoxy) is 3. The lowest BCUT2D eigenvalue weighted by atomic mass is 10.1. The Bertz CT molecular complexity index is 793. The van der Waals surface area contributed by atoms with E-state index in [2.05, 4.69) is 34.5 Å². The molecule has 5 nitrogen and oxygen atoms in total. The SMILES string of the molecule is c1ccc(COC[C@H]2O[C@@H](c3ccn[nH]3)C[C@H]2OCc2ccccc2)cc1. The highest BCUT2D eigenvalue weighted by atomic mass is 16.6. The summed E-state index contributed by atoms with van der Waals surface area (Å²) in [6.07, 6.45) is 2.37. The molecule has 1 aliphatic rings. The van der Waals surface area contributed by atoms with Gasteiger partial charge in [-0.15, -0.1) is 0 Å². The van der Waals surface area contributed by atoms with Crippen LogP contribution in [0.25, 0.3) is 0 Å². The largest absolute Gasteiger partial charge is 0.374 e. The van der Waals surface area contributed by atoms with Gasteiger partial charge >= 0.3 is 0 Å². The van der Waals surface area contributed by atoms with E-state index in [4.69, 9.17) is 14.2 Å². The molecular weight excluding hydrogens is 340 g/mol. The van der Waals surface area contributed by atoms with Gasteiger partial charge in [0.05, 0.1) is 31.6 Å². The second kappa shape index (κ2) is 8.95. The third kappa shape index (κ3) is 4.83. The lowest BCUT2D eigenvalue weighted by Crippen LogP contribution is -2.29. The lowest BCUT2D eigenvalue weighted by molar-refractivity contribution is -0.0720. The van der Waals surface area contributed by atoms with Crippen LogP contribution in [0.1, 0.15) is 29.3 Å². The summed E-state index contributed by atoms with van der Waals surface area (Å²) in [6, 6.07) is 22.3. The van der Waals surface area contributed by atoms with E-state index in [-0.39, 0.29) is 18.3 Å². The first-order valence-electron chi connectivity index (χ1n) is 9.30. The molecule has 1 N–H and O–H groups in total. The molecule has 3 atom stereocenters. The van der Waals surface area contributed by atoms with Crippen LogP contribution in [-0.4, -0.2) is 29.0 Å². The maximum Gasteiger partial charge on any atom is 0.108 e. The van der Waals surface area contributed by atoms with Gasteiger partial charge in [0.25, 0.3) is 0 Å². The Morgan fingerprint density at radius 3 is 2.30 bits per heavy atom. The van der Waals surface area contributed by atoms with E-state index in [0.29, 0.717) is 19.8 Å². The lowest BCUT2D eigenvalue weighted by Gasteiger charge is -2.19. The highest BCUT2D eigenvalue weighted by Gasteiger charge is 2.37. The van der Waals surface area contributed by atoms with E-state index in [1.807, 2.05) is 42.5 Å². The minimum atomic E-state index is -0.106. The van der Waals surface area contributed by atoms with E-state index >= 15 is 0 Å². The van der Waals surface area contributed by atoms with Crippen LogP contribution in [0.3, 0.4) is 0 Å². The molecule has 4 rings (SSSR count). The zero-order valence-electron chi connectivity index (χ0n) is 15.2. The van der Waals surface area contributed by atoms with Gasteiger partial charge in [0.1, 0.15) is 12.2 Å². The van der Waals surface area contributed by atoms with Crippen LogP contribution >= 0.6 is 0 Å². The molecule has 0 aliphatic carbocycles. The number of aromatic amines is 1. The zero-order chi connectivity index (χ0) is 18.3. The van der Waals surface area contributed by atoms with Crippen molar-refractivity contribution in [3.05, 3.63) is 89.7 Å². The first kappa shape index (κ1) is 17.9. The van der Waals surface area contributed by atoms with E-state index in [1.165, 1.54) is 0 Å². The monoisotopic (exact) mass is 364 g/mol. The summed E-state index contributed by atoms with van der Waals surface area (Å²) in [4.78, 5) is 0. The van der Waals surface area contributed by atoms with Crippen molar-refractivity contribution in [1.29, 1.82) is 0 Å². The maximum absolute atomic E-state index is 6.22. The highest BCUT2D eigenvalue weighted by Crippen LogP contribution is 2.34. The summed E-state index contributed by atoms with van der Waals surface area (Å²) in [5, 5.41) is 7.04. The number of rotatable bonds is 8. The quantitative estimate of drug-likeness (QED) is 0.655. The highest BCUT2D eigenvalue weighted by molar-refractivity contribution is 5.14. The molecule has 1 fully saturated rings. The first-order valence-corrected chi connectivity index (χ1v) is 9.30. The average molecular weight is 364 g/mol. The summed E-state index contributed by atoms with van der Waals surface area (Å²) in [5.41, 5.74) is 3.29. The molecule has 0 spiro atoms. The fourth-order valence-corrected chi connectivity index (χ4v) is 3.33. The minimum Gasteiger partial charge on any atom is -0.374 e. The van der Waals surface area contributed by atoms with Gasteiger partial charge in [-0.05, 0) is 17.2 Å².